The number of aryl methyl sites for hydroxylation is 2. The molecule has 21 heavy (non-hydrogen) atoms. The molecule has 0 aliphatic carbocycles. The number of anilines is 1. The number of aliphatic hydroxyl groups is 1. The number of fused-ring (bicyclic) bond motifs is 1. The molecular weight excluding hydrogens is 284 g/mol. The van der Waals surface area contributed by atoms with Gasteiger partial charge in [-0.3, -0.25) is 4.90 Å². The van der Waals surface area contributed by atoms with E-state index in [2.05, 4.69) is 23.8 Å². The van der Waals surface area contributed by atoms with Crippen LogP contribution in [0.15, 0.2) is 0 Å². The lowest BCUT2D eigenvalue weighted by molar-refractivity contribution is 0.0323. The largest absolute Gasteiger partial charge is 0.389 e. The van der Waals surface area contributed by atoms with Gasteiger partial charge in [0, 0.05) is 11.4 Å². The number of rotatable bonds is 4. The number of likely N-dealkylation sites (N-methyl/N-ethyl adjacent to an activating group) is 1. The molecule has 116 valence electrons. The first-order valence-electron chi connectivity index (χ1n) is 7.06. The summed E-state index contributed by atoms with van der Waals surface area (Å²) in [6, 6.07) is -0.00848. The van der Waals surface area contributed by atoms with E-state index >= 15 is 0 Å². The van der Waals surface area contributed by atoms with Crippen molar-refractivity contribution >= 4 is 27.4 Å². The Labute approximate surface area is 129 Å². The molecule has 0 radical (unpaired) electrons. The van der Waals surface area contributed by atoms with Crippen molar-refractivity contribution in [3.8, 4) is 0 Å². The summed E-state index contributed by atoms with van der Waals surface area (Å²) in [6.07, 6.45) is 0. The van der Waals surface area contributed by atoms with E-state index < -0.39 is 5.60 Å². The fourth-order valence-corrected chi connectivity index (χ4v) is 3.47. The molecule has 6 heteroatoms. The molecule has 3 N–H and O–H groups in total. The third-order valence-corrected chi connectivity index (χ3v) is 4.85. The first kappa shape index (κ1) is 16.1. The molecule has 0 aliphatic heterocycles. The van der Waals surface area contributed by atoms with Crippen LogP contribution < -0.4 is 5.73 Å². The highest BCUT2D eigenvalue weighted by molar-refractivity contribution is 7.18. The van der Waals surface area contributed by atoms with Crippen LogP contribution in [0.5, 0.6) is 0 Å². The van der Waals surface area contributed by atoms with Crippen LogP contribution in [0, 0.1) is 13.8 Å². The molecule has 0 spiro atoms. The van der Waals surface area contributed by atoms with Crippen LogP contribution in [-0.4, -0.2) is 39.2 Å². The molecule has 2 aromatic heterocycles. The van der Waals surface area contributed by atoms with E-state index in [-0.39, 0.29) is 6.04 Å². The second-order valence-corrected chi connectivity index (χ2v) is 7.54. The zero-order valence-corrected chi connectivity index (χ0v) is 14.4. The highest BCUT2D eigenvalue weighted by Crippen LogP contribution is 2.33. The summed E-state index contributed by atoms with van der Waals surface area (Å²) in [5.74, 6) is 1.24. The highest BCUT2D eigenvalue weighted by Gasteiger charge is 2.23. The molecule has 0 aromatic carbocycles. The summed E-state index contributed by atoms with van der Waals surface area (Å²) in [5, 5.41) is 10.9. The van der Waals surface area contributed by atoms with Gasteiger partial charge in [-0.2, -0.15) is 0 Å². The molecule has 0 aliphatic rings. The molecule has 2 heterocycles. The molecule has 0 amide bonds. The standard InChI is InChI=1S/C15H24N4OS/c1-8-10(3)21-14-11(8)12(16)17-13(18-14)9(2)19(6)7-15(4,5)20/h9,20H,7H2,1-6H3,(H2,16,17,18). The van der Waals surface area contributed by atoms with Crippen LogP contribution >= 0.6 is 11.3 Å². The van der Waals surface area contributed by atoms with E-state index in [9.17, 15) is 5.11 Å². The average molecular weight is 308 g/mol. The van der Waals surface area contributed by atoms with Crippen molar-refractivity contribution in [3.63, 3.8) is 0 Å². The van der Waals surface area contributed by atoms with E-state index in [1.54, 1.807) is 25.2 Å². The van der Waals surface area contributed by atoms with Crippen molar-refractivity contribution in [2.24, 2.45) is 0 Å². The summed E-state index contributed by atoms with van der Waals surface area (Å²) in [4.78, 5) is 13.3. The smallest absolute Gasteiger partial charge is 0.149 e. The highest BCUT2D eigenvalue weighted by atomic mass is 32.1. The fraction of sp³-hybridized carbons (Fsp3) is 0.600. The Kier molecular flexibility index (Phi) is 4.24. The normalized spacial score (nSPS) is 14.1. The summed E-state index contributed by atoms with van der Waals surface area (Å²) in [7, 11) is 1.96. The van der Waals surface area contributed by atoms with E-state index in [1.807, 2.05) is 18.9 Å². The quantitative estimate of drug-likeness (QED) is 0.908. The molecule has 0 fully saturated rings. The number of nitrogens with two attached hydrogens (primary N) is 1. The minimum absolute atomic E-state index is 0.00848. The Morgan fingerprint density at radius 3 is 2.52 bits per heavy atom. The Morgan fingerprint density at radius 2 is 1.95 bits per heavy atom. The van der Waals surface area contributed by atoms with Gasteiger partial charge in [-0.25, -0.2) is 9.97 Å². The van der Waals surface area contributed by atoms with E-state index in [0.717, 1.165) is 15.8 Å². The summed E-state index contributed by atoms with van der Waals surface area (Å²) in [5.41, 5.74) is 6.53. The fourth-order valence-electron chi connectivity index (χ4n) is 2.43. The maximum absolute atomic E-state index is 9.94. The van der Waals surface area contributed by atoms with Crippen LogP contribution in [0.4, 0.5) is 5.82 Å². The number of aromatic nitrogens is 2. The van der Waals surface area contributed by atoms with Gasteiger partial charge in [0.25, 0.3) is 0 Å². The molecule has 0 bridgehead atoms. The van der Waals surface area contributed by atoms with E-state index in [1.165, 1.54) is 4.88 Å². The zero-order valence-electron chi connectivity index (χ0n) is 13.6. The lowest BCUT2D eigenvalue weighted by atomic mass is 10.1. The minimum atomic E-state index is -0.755. The van der Waals surface area contributed by atoms with Crippen LogP contribution in [-0.2, 0) is 0 Å². The maximum atomic E-state index is 9.94. The molecule has 2 rings (SSSR count). The predicted molar refractivity (Wildman–Crippen MR) is 88.6 cm³/mol. The maximum Gasteiger partial charge on any atom is 0.149 e. The first-order valence-corrected chi connectivity index (χ1v) is 7.87. The monoisotopic (exact) mass is 308 g/mol. The minimum Gasteiger partial charge on any atom is -0.389 e. The first-order chi connectivity index (χ1) is 9.60. The second-order valence-electron chi connectivity index (χ2n) is 6.33. The molecule has 0 saturated heterocycles. The van der Waals surface area contributed by atoms with Crippen molar-refractivity contribution in [3.05, 3.63) is 16.3 Å². The van der Waals surface area contributed by atoms with Crippen molar-refractivity contribution in [2.45, 2.75) is 46.3 Å². The van der Waals surface area contributed by atoms with Gasteiger partial charge in [0.2, 0.25) is 0 Å². The van der Waals surface area contributed by atoms with Gasteiger partial charge in [-0.1, -0.05) is 0 Å². The molecule has 0 saturated carbocycles. The van der Waals surface area contributed by atoms with Crippen molar-refractivity contribution in [1.29, 1.82) is 0 Å². The summed E-state index contributed by atoms with van der Waals surface area (Å²) in [6.45, 7) is 10.3. The Bertz CT molecular complexity index is 660. The molecule has 1 unspecified atom stereocenters. The lowest BCUT2D eigenvalue weighted by Gasteiger charge is -2.29. The number of thiophene rings is 1. The van der Waals surface area contributed by atoms with Gasteiger partial charge in [0.05, 0.1) is 17.0 Å². The van der Waals surface area contributed by atoms with Crippen molar-refractivity contribution in [1.82, 2.24) is 14.9 Å². The average Bonchev–Trinajstić information content (AvgIpc) is 2.62. The summed E-state index contributed by atoms with van der Waals surface area (Å²) < 4.78 is 0. The van der Waals surface area contributed by atoms with Gasteiger partial charge in [0.1, 0.15) is 16.5 Å². The van der Waals surface area contributed by atoms with Crippen molar-refractivity contribution in [2.75, 3.05) is 19.3 Å². The Morgan fingerprint density at radius 1 is 1.33 bits per heavy atom. The van der Waals surface area contributed by atoms with Gasteiger partial charge >= 0.3 is 0 Å². The third kappa shape index (κ3) is 3.33. The SMILES string of the molecule is Cc1sc2nc(C(C)N(C)CC(C)(C)O)nc(N)c2c1C. The zero-order chi connectivity index (χ0) is 15.9. The van der Waals surface area contributed by atoms with Crippen LogP contribution in [0.25, 0.3) is 10.2 Å². The van der Waals surface area contributed by atoms with Crippen LogP contribution in [0.3, 0.4) is 0 Å². The second kappa shape index (κ2) is 5.51. The topological polar surface area (TPSA) is 75.3 Å². The molecule has 2 aromatic rings. The summed E-state index contributed by atoms with van der Waals surface area (Å²) >= 11 is 1.65. The van der Waals surface area contributed by atoms with Gasteiger partial charge in [-0.05, 0) is 47.2 Å². The molecule has 1 atom stereocenters. The Balaban J connectivity index is 2.38. The van der Waals surface area contributed by atoms with E-state index in [0.29, 0.717) is 18.2 Å². The number of hydrogen-bond donors (Lipinski definition) is 2. The van der Waals surface area contributed by atoms with Crippen LogP contribution in [0.1, 0.15) is 43.1 Å². The van der Waals surface area contributed by atoms with Crippen molar-refractivity contribution < 1.29 is 5.11 Å². The molecule has 5 nitrogen and oxygen atoms in total. The van der Waals surface area contributed by atoms with Crippen LogP contribution in [0.2, 0.25) is 0 Å². The van der Waals surface area contributed by atoms with Gasteiger partial charge < -0.3 is 10.8 Å². The molecular formula is C15H24N4OS. The lowest BCUT2D eigenvalue weighted by Crippen LogP contribution is -2.38. The number of nitrogen functional groups attached to an aromatic ring is 1. The number of hydrogen-bond acceptors (Lipinski definition) is 6. The van der Waals surface area contributed by atoms with Gasteiger partial charge in [-0.15, -0.1) is 11.3 Å². The predicted octanol–water partition coefficient (Wildman–Crippen LogP) is 2.65. The van der Waals surface area contributed by atoms with E-state index in [4.69, 9.17) is 5.73 Å². The Hall–Kier alpha value is -1.24. The third-order valence-electron chi connectivity index (χ3n) is 3.75. The number of nitrogens with zero attached hydrogens (tertiary/aromatic N) is 3. The van der Waals surface area contributed by atoms with Gasteiger partial charge in [0.15, 0.2) is 0 Å².